The number of aromatic hydroxyl groups is 1. The number of carbonyl (C=O) groups excluding carboxylic acids is 1. The first kappa shape index (κ1) is 27.7. The Morgan fingerprint density at radius 1 is 1.12 bits per heavy atom. The molecule has 0 saturated heterocycles. The Bertz CT molecular complexity index is 1060. The van der Waals surface area contributed by atoms with Crippen LogP contribution in [0.3, 0.4) is 0 Å². The van der Waals surface area contributed by atoms with E-state index in [1.807, 2.05) is 38.1 Å². The molecule has 0 aliphatic rings. The number of esters is 1. The molecule has 0 radical (unpaired) electrons. The van der Waals surface area contributed by atoms with Crippen LogP contribution in [-0.2, 0) is 25.0 Å². The predicted molar refractivity (Wildman–Crippen MR) is 138 cm³/mol. The molecule has 0 amide bonds. The second-order valence-corrected chi connectivity index (χ2v) is 10.8. The van der Waals surface area contributed by atoms with Gasteiger partial charge >= 0.3 is 13.6 Å². The van der Waals surface area contributed by atoms with Gasteiger partial charge < -0.3 is 18.9 Å². The van der Waals surface area contributed by atoms with Crippen LogP contribution in [0.5, 0.6) is 11.5 Å². The zero-order valence-corrected chi connectivity index (χ0v) is 21.9. The molecule has 0 spiro atoms. The van der Waals surface area contributed by atoms with Crippen LogP contribution in [0.1, 0.15) is 63.1 Å². The Morgan fingerprint density at radius 3 is 2.47 bits per heavy atom. The Hall–Kier alpha value is -2.56. The molecule has 186 valence electrons. The maximum absolute atomic E-state index is 13.5. The summed E-state index contributed by atoms with van der Waals surface area (Å²) in [5, 5.41) is 11.1. The molecule has 2 aromatic rings. The van der Waals surface area contributed by atoms with Crippen LogP contribution in [0.15, 0.2) is 36.9 Å². The van der Waals surface area contributed by atoms with Gasteiger partial charge in [0, 0.05) is 14.0 Å². The first-order valence-corrected chi connectivity index (χ1v) is 13.4. The Morgan fingerprint density at radius 2 is 1.85 bits per heavy atom. The zero-order valence-electron chi connectivity index (χ0n) is 21.0. The van der Waals surface area contributed by atoms with Gasteiger partial charge in [-0.25, -0.2) is 4.57 Å². The monoisotopic (exact) mass is 488 g/mol. The topological polar surface area (TPSA) is 82.1 Å². The third kappa shape index (κ3) is 7.75. The summed E-state index contributed by atoms with van der Waals surface area (Å²) in [6.45, 7) is 11.5. The molecule has 34 heavy (non-hydrogen) atoms. The van der Waals surface area contributed by atoms with Crippen molar-refractivity contribution in [3.8, 4) is 22.6 Å². The Labute approximate surface area is 203 Å². The number of phenols is 1. The minimum Gasteiger partial charge on any atom is -0.507 e. The van der Waals surface area contributed by atoms with Gasteiger partial charge in [0.2, 0.25) is 0 Å². The number of hydrogen-bond donors (Lipinski definition) is 1. The van der Waals surface area contributed by atoms with Crippen molar-refractivity contribution < 1.29 is 28.3 Å². The number of hydrogen-bond acceptors (Lipinski definition) is 6. The second kappa shape index (κ2) is 12.8. The van der Waals surface area contributed by atoms with E-state index in [0.29, 0.717) is 17.7 Å². The molecule has 0 aromatic heterocycles. The smallest absolute Gasteiger partial charge is 0.379 e. The molecule has 1 N–H and O–H groups in total. The van der Waals surface area contributed by atoms with E-state index >= 15 is 0 Å². The maximum atomic E-state index is 13.5. The average Bonchev–Trinajstić information content (AvgIpc) is 2.76. The van der Waals surface area contributed by atoms with E-state index < -0.39 is 13.6 Å². The third-order valence-corrected chi connectivity index (χ3v) is 7.41. The summed E-state index contributed by atoms with van der Waals surface area (Å²) in [6, 6.07) is 9.49. The van der Waals surface area contributed by atoms with Crippen LogP contribution in [-0.4, -0.2) is 31.0 Å². The summed E-state index contributed by atoms with van der Waals surface area (Å²) in [6.07, 6.45) is 4.29. The SMILES string of the molecule is C=C(C)c1ccc(C)cc1-c1c(O)cc(CCCCC)cc1OP(=O)(CCCOC(C)=O)OC. The first-order valence-electron chi connectivity index (χ1n) is 11.7. The molecule has 6 nitrogen and oxygen atoms in total. The molecule has 2 aromatic carbocycles. The lowest BCUT2D eigenvalue weighted by Gasteiger charge is -2.22. The summed E-state index contributed by atoms with van der Waals surface area (Å²) in [5.41, 5.74) is 4.82. The molecule has 1 unspecified atom stereocenters. The van der Waals surface area contributed by atoms with Crippen LogP contribution in [0.2, 0.25) is 0 Å². The number of unbranched alkanes of at least 4 members (excludes halogenated alkanes) is 2. The molecular weight excluding hydrogens is 451 g/mol. The molecule has 0 saturated carbocycles. The molecule has 0 fully saturated rings. The van der Waals surface area contributed by atoms with Crippen molar-refractivity contribution in [1.29, 1.82) is 0 Å². The lowest BCUT2D eigenvalue weighted by molar-refractivity contribution is -0.140. The van der Waals surface area contributed by atoms with E-state index in [9.17, 15) is 14.5 Å². The Balaban J connectivity index is 2.54. The van der Waals surface area contributed by atoms with Crippen molar-refractivity contribution in [1.82, 2.24) is 0 Å². The van der Waals surface area contributed by atoms with Gasteiger partial charge in [0.1, 0.15) is 11.5 Å². The standard InChI is InChI=1S/C27H37O6P/c1-7-8-9-11-22-17-25(29)27(24-16-20(4)12-13-23(24)19(2)3)26(18-22)33-34(30,31-6)15-10-14-32-21(5)28/h12-13,16-18,29H,2,7-11,14-15H2,1,3-6H3. The number of aryl methyl sites for hydroxylation is 2. The maximum Gasteiger partial charge on any atom is 0.379 e. The van der Waals surface area contributed by atoms with Gasteiger partial charge in [-0.1, -0.05) is 55.7 Å². The molecule has 2 rings (SSSR count). The summed E-state index contributed by atoms with van der Waals surface area (Å²) < 4.78 is 29.8. The van der Waals surface area contributed by atoms with E-state index in [0.717, 1.165) is 53.5 Å². The quantitative estimate of drug-likeness (QED) is 0.181. The summed E-state index contributed by atoms with van der Waals surface area (Å²) in [4.78, 5) is 11.0. The largest absolute Gasteiger partial charge is 0.507 e. The average molecular weight is 489 g/mol. The third-order valence-electron chi connectivity index (χ3n) is 5.51. The van der Waals surface area contributed by atoms with Crippen LogP contribution in [0, 0.1) is 6.92 Å². The number of benzene rings is 2. The highest BCUT2D eigenvalue weighted by atomic mass is 31.2. The van der Waals surface area contributed by atoms with E-state index in [4.69, 9.17) is 13.8 Å². The normalized spacial score (nSPS) is 12.7. The van der Waals surface area contributed by atoms with E-state index in [1.165, 1.54) is 14.0 Å². The number of rotatable bonds is 13. The predicted octanol–water partition coefficient (Wildman–Crippen LogP) is 7.30. The summed E-state index contributed by atoms with van der Waals surface area (Å²) in [5.74, 6) is -0.0381. The number of ether oxygens (including phenoxy) is 1. The molecule has 7 heteroatoms. The minimum atomic E-state index is -3.58. The molecule has 0 bridgehead atoms. The highest BCUT2D eigenvalue weighted by Crippen LogP contribution is 2.53. The molecule has 0 heterocycles. The van der Waals surface area contributed by atoms with Gasteiger partial charge in [-0.15, -0.1) is 0 Å². The highest BCUT2D eigenvalue weighted by Gasteiger charge is 2.28. The van der Waals surface area contributed by atoms with E-state index in [2.05, 4.69) is 13.5 Å². The van der Waals surface area contributed by atoms with Crippen molar-refractivity contribution in [2.45, 2.75) is 59.8 Å². The fraction of sp³-hybridized carbons (Fsp3) is 0.444. The summed E-state index contributed by atoms with van der Waals surface area (Å²) >= 11 is 0. The van der Waals surface area contributed by atoms with Crippen molar-refractivity contribution in [2.75, 3.05) is 19.9 Å². The van der Waals surface area contributed by atoms with Gasteiger partial charge in [0.15, 0.2) is 0 Å². The van der Waals surface area contributed by atoms with Crippen LogP contribution in [0.25, 0.3) is 16.7 Å². The first-order chi connectivity index (χ1) is 16.1. The fourth-order valence-electron chi connectivity index (χ4n) is 3.76. The fourth-order valence-corrected chi connectivity index (χ4v) is 5.07. The molecule has 0 aliphatic heterocycles. The number of phenolic OH excluding ortho intramolecular Hbond substituents is 1. The Kier molecular flexibility index (Phi) is 10.4. The lowest BCUT2D eigenvalue weighted by atomic mass is 9.91. The van der Waals surface area contributed by atoms with Crippen LogP contribution in [0.4, 0.5) is 0 Å². The second-order valence-electron chi connectivity index (χ2n) is 8.58. The zero-order chi connectivity index (χ0) is 25.3. The van der Waals surface area contributed by atoms with Crippen molar-refractivity contribution in [3.05, 3.63) is 53.6 Å². The molecular formula is C27H37O6P. The van der Waals surface area contributed by atoms with Gasteiger partial charge in [0.25, 0.3) is 0 Å². The highest BCUT2D eigenvalue weighted by molar-refractivity contribution is 7.54. The minimum absolute atomic E-state index is 0.0552. The molecule has 0 aliphatic carbocycles. The van der Waals surface area contributed by atoms with Crippen LogP contribution >= 0.6 is 7.60 Å². The lowest BCUT2D eigenvalue weighted by Crippen LogP contribution is -2.07. The van der Waals surface area contributed by atoms with Crippen molar-refractivity contribution >= 4 is 19.1 Å². The van der Waals surface area contributed by atoms with Gasteiger partial charge in [-0.05, 0) is 61.9 Å². The van der Waals surface area contributed by atoms with Gasteiger partial charge in [0.05, 0.1) is 18.3 Å². The van der Waals surface area contributed by atoms with E-state index in [1.54, 1.807) is 6.07 Å². The number of carbonyl (C=O) groups is 1. The van der Waals surface area contributed by atoms with Gasteiger partial charge in [-0.2, -0.15) is 0 Å². The number of allylic oxidation sites excluding steroid dienone is 1. The van der Waals surface area contributed by atoms with Crippen LogP contribution < -0.4 is 4.52 Å². The van der Waals surface area contributed by atoms with Gasteiger partial charge in [-0.3, -0.25) is 4.79 Å². The molecule has 1 atom stereocenters. The van der Waals surface area contributed by atoms with Crippen molar-refractivity contribution in [2.24, 2.45) is 0 Å². The van der Waals surface area contributed by atoms with E-state index in [-0.39, 0.29) is 18.5 Å². The van der Waals surface area contributed by atoms with Crippen molar-refractivity contribution in [3.63, 3.8) is 0 Å². The summed E-state index contributed by atoms with van der Waals surface area (Å²) in [7, 11) is -2.24.